The first kappa shape index (κ1) is 14.4. The zero-order valence-electron chi connectivity index (χ0n) is 12.6. The molecule has 1 saturated heterocycles. The van der Waals surface area contributed by atoms with Crippen LogP contribution in [0.25, 0.3) is 0 Å². The van der Waals surface area contributed by atoms with Crippen molar-refractivity contribution in [3.63, 3.8) is 0 Å². The van der Waals surface area contributed by atoms with E-state index in [0.717, 1.165) is 11.4 Å². The van der Waals surface area contributed by atoms with Crippen molar-refractivity contribution in [2.45, 2.75) is 6.92 Å². The Balaban J connectivity index is 1.67. The number of aromatic hydroxyl groups is 1. The molecule has 0 spiro atoms. The van der Waals surface area contributed by atoms with Gasteiger partial charge in [-0.15, -0.1) is 0 Å². The standard InChI is InChI=1S/C17H19N3O2/c1-13-5-4-6-14(18-13)17(22)20-11-9-19(10-12-20)15-7-2-3-8-16(15)21/h2-8,21H,9-12H2,1H3. The number of hydrogen-bond acceptors (Lipinski definition) is 4. The van der Waals surface area contributed by atoms with Crippen molar-refractivity contribution in [2.75, 3.05) is 31.1 Å². The van der Waals surface area contributed by atoms with Crippen LogP contribution in [0.15, 0.2) is 42.5 Å². The Morgan fingerprint density at radius 3 is 2.45 bits per heavy atom. The van der Waals surface area contributed by atoms with Crippen molar-refractivity contribution in [3.05, 3.63) is 53.9 Å². The van der Waals surface area contributed by atoms with E-state index in [4.69, 9.17) is 0 Å². The van der Waals surface area contributed by atoms with Crippen molar-refractivity contribution >= 4 is 11.6 Å². The molecule has 1 aliphatic rings. The first-order valence-corrected chi connectivity index (χ1v) is 7.41. The van der Waals surface area contributed by atoms with Gasteiger partial charge in [-0.05, 0) is 31.2 Å². The van der Waals surface area contributed by atoms with E-state index in [1.54, 1.807) is 12.1 Å². The van der Waals surface area contributed by atoms with Gasteiger partial charge in [-0.25, -0.2) is 4.98 Å². The number of aryl methyl sites for hydroxylation is 1. The summed E-state index contributed by atoms with van der Waals surface area (Å²) in [5, 5.41) is 9.91. The lowest BCUT2D eigenvalue weighted by atomic mass is 10.2. The maximum atomic E-state index is 12.5. The molecule has 0 aliphatic carbocycles. The molecule has 114 valence electrons. The predicted octanol–water partition coefficient (Wildman–Crippen LogP) is 2.06. The number of benzene rings is 1. The summed E-state index contributed by atoms with van der Waals surface area (Å²) in [4.78, 5) is 20.7. The fourth-order valence-electron chi connectivity index (χ4n) is 2.71. The molecule has 5 nitrogen and oxygen atoms in total. The molecule has 0 unspecified atom stereocenters. The quantitative estimate of drug-likeness (QED) is 0.922. The maximum absolute atomic E-state index is 12.5. The number of piperazine rings is 1. The average molecular weight is 297 g/mol. The molecule has 1 N–H and O–H groups in total. The monoisotopic (exact) mass is 297 g/mol. The van der Waals surface area contributed by atoms with Crippen LogP contribution in [0.2, 0.25) is 0 Å². The lowest BCUT2D eigenvalue weighted by Gasteiger charge is -2.36. The van der Waals surface area contributed by atoms with Crippen LogP contribution >= 0.6 is 0 Å². The van der Waals surface area contributed by atoms with E-state index < -0.39 is 0 Å². The second-order valence-electron chi connectivity index (χ2n) is 5.43. The van der Waals surface area contributed by atoms with Gasteiger partial charge >= 0.3 is 0 Å². The van der Waals surface area contributed by atoms with Crippen LogP contribution < -0.4 is 4.90 Å². The summed E-state index contributed by atoms with van der Waals surface area (Å²) in [5.74, 6) is 0.253. The van der Waals surface area contributed by atoms with Crippen LogP contribution in [-0.4, -0.2) is 47.1 Å². The summed E-state index contributed by atoms with van der Waals surface area (Å²) < 4.78 is 0. The molecular formula is C17H19N3O2. The minimum absolute atomic E-state index is 0.0272. The Kier molecular flexibility index (Phi) is 3.96. The van der Waals surface area contributed by atoms with Gasteiger partial charge in [0.05, 0.1) is 5.69 Å². The molecule has 1 fully saturated rings. The number of nitrogens with zero attached hydrogens (tertiary/aromatic N) is 3. The lowest BCUT2D eigenvalue weighted by molar-refractivity contribution is 0.0740. The minimum Gasteiger partial charge on any atom is -0.506 e. The van der Waals surface area contributed by atoms with Gasteiger partial charge < -0.3 is 14.9 Å². The molecule has 1 aromatic carbocycles. The molecule has 3 rings (SSSR count). The Labute approximate surface area is 129 Å². The third-order valence-electron chi connectivity index (χ3n) is 3.90. The largest absolute Gasteiger partial charge is 0.506 e. The third-order valence-corrected chi connectivity index (χ3v) is 3.90. The summed E-state index contributed by atoms with van der Waals surface area (Å²) in [7, 11) is 0. The molecule has 0 saturated carbocycles. The number of phenols is 1. The Bertz CT molecular complexity index is 679. The highest BCUT2D eigenvalue weighted by Crippen LogP contribution is 2.27. The number of pyridine rings is 1. The number of phenolic OH excluding ortho intramolecular Hbond substituents is 1. The second-order valence-corrected chi connectivity index (χ2v) is 5.43. The maximum Gasteiger partial charge on any atom is 0.272 e. The van der Waals surface area contributed by atoms with E-state index in [9.17, 15) is 9.90 Å². The van der Waals surface area contributed by atoms with Gasteiger partial charge in [0.25, 0.3) is 5.91 Å². The van der Waals surface area contributed by atoms with Crippen LogP contribution in [0.4, 0.5) is 5.69 Å². The Hall–Kier alpha value is -2.56. The van der Waals surface area contributed by atoms with Gasteiger partial charge in [0.15, 0.2) is 0 Å². The molecule has 1 amide bonds. The average Bonchev–Trinajstić information content (AvgIpc) is 2.55. The highest BCUT2D eigenvalue weighted by Gasteiger charge is 2.24. The summed E-state index contributed by atoms with van der Waals surface area (Å²) in [6.07, 6.45) is 0. The normalized spacial score (nSPS) is 15.0. The number of anilines is 1. The second kappa shape index (κ2) is 6.05. The van der Waals surface area contributed by atoms with Crippen LogP contribution in [0, 0.1) is 6.92 Å². The van der Waals surface area contributed by atoms with Gasteiger partial charge in [0, 0.05) is 31.9 Å². The fraction of sp³-hybridized carbons (Fsp3) is 0.294. The van der Waals surface area contributed by atoms with Crippen LogP contribution in [-0.2, 0) is 0 Å². The lowest BCUT2D eigenvalue weighted by Crippen LogP contribution is -2.49. The van der Waals surface area contributed by atoms with Crippen molar-refractivity contribution in [3.8, 4) is 5.75 Å². The van der Waals surface area contributed by atoms with Crippen LogP contribution in [0.1, 0.15) is 16.2 Å². The molecule has 22 heavy (non-hydrogen) atoms. The summed E-state index contributed by atoms with van der Waals surface area (Å²) in [6, 6.07) is 12.8. The summed E-state index contributed by atoms with van der Waals surface area (Å²) >= 11 is 0. The highest BCUT2D eigenvalue weighted by molar-refractivity contribution is 5.92. The van der Waals surface area contributed by atoms with E-state index in [1.165, 1.54) is 0 Å². The SMILES string of the molecule is Cc1cccc(C(=O)N2CCN(c3ccccc3O)CC2)n1. The fourth-order valence-corrected chi connectivity index (χ4v) is 2.71. The molecule has 2 heterocycles. The van der Waals surface area contributed by atoms with Gasteiger partial charge in [0.1, 0.15) is 11.4 Å². The molecule has 1 aromatic heterocycles. The first-order valence-electron chi connectivity index (χ1n) is 7.41. The van der Waals surface area contributed by atoms with Crippen molar-refractivity contribution < 1.29 is 9.90 Å². The number of carbonyl (C=O) groups excluding carboxylic acids is 1. The van der Waals surface area contributed by atoms with Crippen molar-refractivity contribution in [1.82, 2.24) is 9.88 Å². The molecule has 0 atom stereocenters. The Morgan fingerprint density at radius 2 is 1.77 bits per heavy atom. The number of aromatic nitrogens is 1. The van der Waals surface area contributed by atoms with Gasteiger partial charge in [0.2, 0.25) is 0 Å². The van der Waals surface area contributed by atoms with E-state index in [1.807, 2.05) is 42.2 Å². The summed E-state index contributed by atoms with van der Waals surface area (Å²) in [5.41, 5.74) is 2.16. The minimum atomic E-state index is -0.0272. The highest BCUT2D eigenvalue weighted by atomic mass is 16.3. The van der Waals surface area contributed by atoms with Crippen molar-refractivity contribution in [2.24, 2.45) is 0 Å². The van der Waals surface area contributed by atoms with Crippen LogP contribution in [0.3, 0.4) is 0 Å². The predicted molar refractivity (Wildman–Crippen MR) is 85.2 cm³/mol. The molecule has 0 bridgehead atoms. The van der Waals surface area contributed by atoms with Gasteiger partial charge in [-0.2, -0.15) is 0 Å². The smallest absolute Gasteiger partial charge is 0.272 e. The number of para-hydroxylation sites is 2. The molecule has 0 radical (unpaired) electrons. The van der Waals surface area contributed by atoms with E-state index in [2.05, 4.69) is 9.88 Å². The number of rotatable bonds is 2. The topological polar surface area (TPSA) is 56.7 Å². The zero-order valence-corrected chi connectivity index (χ0v) is 12.6. The van der Waals surface area contributed by atoms with E-state index in [0.29, 0.717) is 31.9 Å². The molecule has 1 aliphatic heterocycles. The first-order chi connectivity index (χ1) is 10.6. The Morgan fingerprint density at radius 1 is 1.05 bits per heavy atom. The summed E-state index contributed by atoms with van der Waals surface area (Å²) in [6.45, 7) is 4.54. The zero-order chi connectivity index (χ0) is 15.5. The van der Waals surface area contributed by atoms with Crippen LogP contribution in [0.5, 0.6) is 5.75 Å². The van der Waals surface area contributed by atoms with Crippen molar-refractivity contribution in [1.29, 1.82) is 0 Å². The third kappa shape index (κ3) is 2.88. The van der Waals surface area contributed by atoms with Gasteiger partial charge in [-0.1, -0.05) is 18.2 Å². The van der Waals surface area contributed by atoms with Gasteiger partial charge in [-0.3, -0.25) is 4.79 Å². The number of carbonyl (C=O) groups is 1. The van der Waals surface area contributed by atoms with E-state index >= 15 is 0 Å². The van der Waals surface area contributed by atoms with E-state index in [-0.39, 0.29) is 11.7 Å². The molecular weight excluding hydrogens is 278 g/mol. The number of amides is 1. The molecule has 2 aromatic rings. The molecule has 5 heteroatoms. The number of hydrogen-bond donors (Lipinski definition) is 1.